The molecule has 2 aromatic carbocycles. The molecule has 3 aromatic rings. The molecule has 4 nitrogen and oxygen atoms in total. The van der Waals surface area contributed by atoms with Crippen LogP contribution in [0.15, 0.2) is 36.4 Å². The highest BCUT2D eigenvalue weighted by atomic mass is 19.3. The highest BCUT2D eigenvalue weighted by Crippen LogP contribution is 2.37. The van der Waals surface area contributed by atoms with E-state index in [-0.39, 0.29) is 5.56 Å². The Morgan fingerprint density at radius 2 is 1.90 bits per heavy atom. The van der Waals surface area contributed by atoms with E-state index in [0.717, 1.165) is 52.8 Å². The number of hydrogen-bond acceptors (Lipinski definition) is 4. The van der Waals surface area contributed by atoms with Crippen LogP contribution in [-0.4, -0.2) is 25.2 Å². The van der Waals surface area contributed by atoms with E-state index in [9.17, 15) is 13.2 Å². The molecule has 1 aromatic heterocycles. The van der Waals surface area contributed by atoms with Gasteiger partial charge in [-0.2, -0.15) is 0 Å². The molecule has 30 heavy (non-hydrogen) atoms. The molecule has 1 aliphatic rings. The second kappa shape index (κ2) is 8.14. The summed E-state index contributed by atoms with van der Waals surface area (Å²) in [7, 11) is 1.65. The highest BCUT2D eigenvalue weighted by molar-refractivity contribution is 5.93. The Labute approximate surface area is 173 Å². The standard InChI is InChI=1S/C23H24F3N3O/c1-12-7-19(29-13(2)15-5-4-6-16(22(15)24)23(25)26)18-8-17(14-10-27-11-14)21(30-3)9-20(18)28-12/h4-9,13-14,23,27H,10-11H2,1-3H3,(H,28,29)/t13-/m1/s1. The number of ether oxygens (including phenoxy) is 1. The Hall–Kier alpha value is -2.80. The number of nitrogens with zero attached hydrogens (tertiary/aromatic N) is 1. The summed E-state index contributed by atoms with van der Waals surface area (Å²) in [6.45, 7) is 5.40. The topological polar surface area (TPSA) is 46.2 Å². The van der Waals surface area contributed by atoms with Crippen LogP contribution < -0.4 is 15.4 Å². The zero-order valence-electron chi connectivity index (χ0n) is 17.1. The molecule has 1 saturated heterocycles. The summed E-state index contributed by atoms with van der Waals surface area (Å²) in [5, 5.41) is 7.46. The fourth-order valence-electron chi connectivity index (χ4n) is 3.91. The molecule has 0 saturated carbocycles. The zero-order chi connectivity index (χ0) is 21.4. The minimum Gasteiger partial charge on any atom is -0.496 e. The third kappa shape index (κ3) is 3.69. The molecule has 0 aliphatic carbocycles. The van der Waals surface area contributed by atoms with Crippen molar-refractivity contribution in [1.82, 2.24) is 10.3 Å². The summed E-state index contributed by atoms with van der Waals surface area (Å²) in [5.74, 6) is 0.281. The minimum atomic E-state index is -2.85. The van der Waals surface area contributed by atoms with Crippen molar-refractivity contribution in [2.75, 3.05) is 25.5 Å². The average molecular weight is 415 g/mol. The SMILES string of the molecule is COc1cc2nc(C)cc(N[C@H](C)c3cccc(C(F)F)c3F)c2cc1C1CNC1. The smallest absolute Gasteiger partial charge is 0.266 e. The van der Waals surface area contributed by atoms with E-state index in [0.29, 0.717) is 5.92 Å². The Morgan fingerprint density at radius 1 is 1.17 bits per heavy atom. The Balaban J connectivity index is 1.76. The first kappa shape index (κ1) is 20.5. The lowest BCUT2D eigenvalue weighted by Gasteiger charge is -2.29. The van der Waals surface area contributed by atoms with Crippen molar-refractivity contribution in [2.45, 2.75) is 32.2 Å². The van der Waals surface area contributed by atoms with Crippen molar-refractivity contribution in [2.24, 2.45) is 0 Å². The molecule has 0 amide bonds. The van der Waals surface area contributed by atoms with Crippen LogP contribution in [0.2, 0.25) is 0 Å². The minimum absolute atomic E-state index is 0.201. The Bertz CT molecular complexity index is 1080. The number of benzene rings is 2. The molecular weight excluding hydrogens is 391 g/mol. The summed E-state index contributed by atoms with van der Waals surface area (Å²) in [5.41, 5.74) is 3.05. The summed E-state index contributed by atoms with van der Waals surface area (Å²) >= 11 is 0. The van der Waals surface area contributed by atoms with Crippen molar-refractivity contribution in [3.8, 4) is 5.75 Å². The summed E-state index contributed by atoms with van der Waals surface area (Å²) in [4.78, 5) is 4.62. The van der Waals surface area contributed by atoms with Crippen LogP contribution in [0.4, 0.5) is 18.9 Å². The van der Waals surface area contributed by atoms with Crippen molar-refractivity contribution < 1.29 is 17.9 Å². The van der Waals surface area contributed by atoms with E-state index in [4.69, 9.17) is 4.74 Å². The molecule has 158 valence electrons. The molecule has 2 heterocycles. The van der Waals surface area contributed by atoms with Crippen LogP contribution in [0.1, 0.15) is 47.7 Å². The van der Waals surface area contributed by atoms with Gasteiger partial charge in [0.15, 0.2) is 0 Å². The van der Waals surface area contributed by atoms with E-state index in [1.54, 1.807) is 14.0 Å². The van der Waals surface area contributed by atoms with E-state index in [2.05, 4.69) is 21.7 Å². The highest BCUT2D eigenvalue weighted by Gasteiger charge is 2.24. The predicted octanol–water partition coefficient (Wildman–Crippen LogP) is 5.49. The van der Waals surface area contributed by atoms with Crippen molar-refractivity contribution >= 4 is 16.6 Å². The first-order chi connectivity index (χ1) is 14.4. The molecule has 0 bridgehead atoms. The van der Waals surface area contributed by atoms with E-state index < -0.39 is 23.8 Å². The number of alkyl halides is 2. The van der Waals surface area contributed by atoms with Crippen LogP contribution in [0.5, 0.6) is 5.75 Å². The number of aromatic nitrogens is 1. The van der Waals surface area contributed by atoms with Crippen LogP contribution in [0.3, 0.4) is 0 Å². The van der Waals surface area contributed by atoms with Gasteiger partial charge in [-0.3, -0.25) is 4.98 Å². The molecule has 7 heteroatoms. The predicted molar refractivity (Wildman–Crippen MR) is 112 cm³/mol. The average Bonchev–Trinajstić information content (AvgIpc) is 2.66. The van der Waals surface area contributed by atoms with Crippen LogP contribution in [0, 0.1) is 12.7 Å². The first-order valence-corrected chi connectivity index (χ1v) is 9.92. The van der Waals surface area contributed by atoms with Gasteiger partial charge < -0.3 is 15.4 Å². The lowest BCUT2D eigenvalue weighted by atomic mass is 9.91. The molecule has 1 fully saturated rings. The molecule has 0 spiro atoms. The monoisotopic (exact) mass is 415 g/mol. The normalized spacial score (nSPS) is 15.3. The van der Waals surface area contributed by atoms with Gasteiger partial charge in [-0.15, -0.1) is 0 Å². The fourth-order valence-corrected chi connectivity index (χ4v) is 3.91. The maximum atomic E-state index is 14.6. The van der Waals surface area contributed by atoms with Gasteiger partial charge in [0, 0.05) is 53.0 Å². The quantitative estimate of drug-likeness (QED) is 0.559. The Kier molecular flexibility index (Phi) is 5.56. The molecule has 1 aliphatic heterocycles. The molecular formula is C23H24F3N3O. The van der Waals surface area contributed by atoms with Gasteiger partial charge in [0.25, 0.3) is 6.43 Å². The van der Waals surface area contributed by atoms with Crippen molar-refractivity contribution in [3.05, 3.63) is 64.6 Å². The molecule has 1 atom stereocenters. The number of aryl methyl sites for hydroxylation is 1. The first-order valence-electron chi connectivity index (χ1n) is 9.92. The van der Waals surface area contributed by atoms with Crippen LogP contribution in [-0.2, 0) is 0 Å². The van der Waals surface area contributed by atoms with Gasteiger partial charge in [0.2, 0.25) is 0 Å². The summed E-state index contributed by atoms with van der Waals surface area (Å²) in [6.07, 6.45) is -2.85. The van der Waals surface area contributed by atoms with Crippen LogP contribution >= 0.6 is 0 Å². The molecule has 0 unspecified atom stereocenters. The number of hydrogen-bond donors (Lipinski definition) is 2. The number of nitrogens with one attached hydrogen (secondary N) is 2. The number of pyridine rings is 1. The number of fused-ring (bicyclic) bond motifs is 1. The van der Waals surface area contributed by atoms with Crippen molar-refractivity contribution in [1.29, 1.82) is 0 Å². The van der Waals surface area contributed by atoms with Gasteiger partial charge in [-0.05, 0) is 26.0 Å². The van der Waals surface area contributed by atoms with Gasteiger partial charge in [-0.25, -0.2) is 13.2 Å². The maximum absolute atomic E-state index is 14.6. The number of methoxy groups -OCH3 is 1. The molecule has 0 radical (unpaired) electrons. The van der Waals surface area contributed by atoms with Crippen LogP contribution in [0.25, 0.3) is 10.9 Å². The number of rotatable bonds is 6. The van der Waals surface area contributed by atoms with E-state index >= 15 is 0 Å². The van der Waals surface area contributed by atoms with Gasteiger partial charge in [0.1, 0.15) is 11.6 Å². The van der Waals surface area contributed by atoms with E-state index in [1.807, 2.05) is 19.1 Å². The maximum Gasteiger partial charge on any atom is 0.266 e. The largest absolute Gasteiger partial charge is 0.496 e. The van der Waals surface area contributed by atoms with Gasteiger partial charge >= 0.3 is 0 Å². The third-order valence-corrected chi connectivity index (χ3v) is 5.64. The second-order valence-corrected chi connectivity index (χ2v) is 7.69. The summed E-state index contributed by atoms with van der Waals surface area (Å²) < 4.78 is 46.4. The second-order valence-electron chi connectivity index (χ2n) is 7.69. The van der Waals surface area contributed by atoms with E-state index in [1.165, 1.54) is 12.1 Å². The lowest BCUT2D eigenvalue weighted by molar-refractivity contribution is 0.146. The fraction of sp³-hybridized carbons (Fsp3) is 0.348. The molecule has 4 rings (SSSR count). The Morgan fingerprint density at radius 3 is 2.53 bits per heavy atom. The van der Waals surface area contributed by atoms with Gasteiger partial charge in [0.05, 0.1) is 24.2 Å². The lowest BCUT2D eigenvalue weighted by Crippen LogP contribution is -2.40. The number of halogens is 3. The molecule has 2 N–H and O–H groups in total. The summed E-state index contributed by atoms with van der Waals surface area (Å²) in [6, 6.07) is 9.47. The third-order valence-electron chi connectivity index (χ3n) is 5.64. The zero-order valence-corrected chi connectivity index (χ0v) is 17.1. The van der Waals surface area contributed by atoms with Gasteiger partial charge in [-0.1, -0.05) is 18.2 Å². The number of anilines is 1. The van der Waals surface area contributed by atoms with Crippen molar-refractivity contribution in [3.63, 3.8) is 0 Å².